The summed E-state index contributed by atoms with van der Waals surface area (Å²) in [6.45, 7) is 5.50. The fraction of sp³-hybridized carbons (Fsp3) is 0.439. The Kier molecular flexibility index (Phi) is 13.7. The summed E-state index contributed by atoms with van der Waals surface area (Å²) in [7, 11) is 0. The largest absolute Gasteiger partial charge is 0.394 e. The molecule has 9 nitrogen and oxygen atoms in total. The number of aliphatic hydroxyl groups excluding tert-OH is 2. The number of aliphatic hydroxyl groups is 3. The fourth-order valence-corrected chi connectivity index (χ4v) is 6.60. The van der Waals surface area contributed by atoms with E-state index in [1.165, 1.54) is 13.8 Å². The zero-order chi connectivity index (χ0) is 36.4. The maximum Gasteiger partial charge on any atom is 0.254 e. The number of benzene rings is 4. The smallest absolute Gasteiger partial charge is 0.254 e. The highest BCUT2D eigenvalue weighted by Crippen LogP contribution is 2.27. The third-order valence-electron chi connectivity index (χ3n) is 9.87. The van der Waals surface area contributed by atoms with E-state index in [2.05, 4.69) is 19.2 Å². The first kappa shape index (κ1) is 38.6. The Labute approximate surface area is 295 Å². The first-order valence-corrected chi connectivity index (χ1v) is 17.7. The van der Waals surface area contributed by atoms with Gasteiger partial charge in [-0.05, 0) is 71.7 Å². The van der Waals surface area contributed by atoms with Crippen LogP contribution in [0.4, 0.5) is 0 Å². The summed E-state index contributed by atoms with van der Waals surface area (Å²) in [6.07, 6.45) is 2.82. The maximum absolute atomic E-state index is 14.3. The predicted octanol–water partition coefficient (Wildman–Crippen LogP) is 4.90. The zero-order valence-corrected chi connectivity index (χ0v) is 29.7. The molecule has 4 rings (SSSR count). The number of carbonyl (C=O) groups is 3. The molecule has 0 saturated heterocycles. The number of nitrogens with two attached hydrogens (primary N) is 1. The van der Waals surface area contributed by atoms with Crippen molar-refractivity contribution in [2.75, 3.05) is 13.2 Å². The average Bonchev–Trinajstić information content (AvgIpc) is 3.10. The van der Waals surface area contributed by atoms with Crippen molar-refractivity contribution in [2.45, 2.75) is 89.9 Å². The van der Waals surface area contributed by atoms with Crippen LogP contribution in [0.3, 0.4) is 0 Å². The van der Waals surface area contributed by atoms with Gasteiger partial charge < -0.3 is 26.4 Å². The molecular formula is C41H53N3O6. The summed E-state index contributed by atoms with van der Waals surface area (Å²) in [5.74, 6) is -2.22. The SMILES string of the molecule is CC(C)CCCCC(=O)N(C(=O)[C@H](CO)NC(=O)C(Cc1cccc2ccccc12)Cc1cccc2ccccc12)[C@H](CO)[C@@](C)(O)[C@H](C)N. The quantitative estimate of drug-likeness (QED) is 0.0993. The predicted molar refractivity (Wildman–Crippen MR) is 198 cm³/mol. The van der Waals surface area contributed by atoms with Crippen LogP contribution in [0, 0.1) is 11.8 Å². The number of unbranched alkanes of at least 4 members (excludes halogenated alkanes) is 1. The Morgan fingerprint density at radius 2 is 1.30 bits per heavy atom. The highest BCUT2D eigenvalue weighted by Gasteiger charge is 2.45. The number of fused-ring (bicyclic) bond motifs is 2. The van der Waals surface area contributed by atoms with Crippen LogP contribution in [0.2, 0.25) is 0 Å². The van der Waals surface area contributed by atoms with Gasteiger partial charge in [0.1, 0.15) is 6.04 Å². The van der Waals surface area contributed by atoms with E-state index in [9.17, 15) is 29.7 Å². The van der Waals surface area contributed by atoms with E-state index >= 15 is 0 Å². The number of rotatable bonds is 17. The molecule has 0 saturated carbocycles. The number of carbonyl (C=O) groups excluding carboxylic acids is 3. The molecule has 0 aliphatic rings. The van der Waals surface area contributed by atoms with Crippen molar-refractivity contribution in [1.29, 1.82) is 0 Å². The lowest BCUT2D eigenvalue weighted by atomic mass is 9.87. The Morgan fingerprint density at radius 3 is 1.78 bits per heavy atom. The second-order valence-corrected chi connectivity index (χ2v) is 14.1. The van der Waals surface area contributed by atoms with Crippen molar-refractivity contribution in [3.8, 4) is 0 Å². The van der Waals surface area contributed by atoms with Crippen molar-refractivity contribution >= 4 is 39.3 Å². The highest BCUT2D eigenvalue weighted by molar-refractivity contribution is 6.00. The van der Waals surface area contributed by atoms with Gasteiger partial charge >= 0.3 is 0 Å². The van der Waals surface area contributed by atoms with Gasteiger partial charge in [0.2, 0.25) is 11.8 Å². The second kappa shape index (κ2) is 17.7. The van der Waals surface area contributed by atoms with Gasteiger partial charge in [0, 0.05) is 18.4 Å². The molecule has 50 heavy (non-hydrogen) atoms. The first-order valence-electron chi connectivity index (χ1n) is 17.7. The monoisotopic (exact) mass is 683 g/mol. The second-order valence-electron chi connectivity index (χ2n) is 14.1. The lowest BCUT2D eigenvalue weighted by Gasteiger charge is -2.42. The number of imide groups is 1. The van der Waals surface area contributed by atoms with E-state index in [1.54, 1.807) is 0 Å². The molecule has 0 fully saturated rings. The van der Waals surface area contributed by atoms with Gasteiger partial charge in [-0.2, -0.15) is 0 Å². The molecule has 4 aromatic carbocycles. The van der Waals surface area contributed by atoms with E-state index in [0.717, 1.165) is 50.4 Å². The molecule has 0 spiro atoms. The molecule has 0 radical (unpaired) electrons. The fourth-order valence-electron chi connectivity index (χ4n) is 6.60. The van der Waals surface area contributed by atoms with Crippen LogP contribution < -0.4 is 11.1 Å². The number of amides is 3. The molecule has 6 N–H and O–H groups in total. The number of hydrogen-bond donors (Lipinski definition) is 5. The van der Waals surface area contributed by atoms with E-state index in [4.69, 9.17) is 5.73 Å². The average molecular weight is 684 g/mol. The minimum absolute atomic E-state index is 0.0130. The zero-order valence-electron chi connectivity index (χ0n) is 29.7. The summed E-state index contributed by atoms with van der Waals surface area (Å²) in [6, 6.07) is 24.0. The molecule has 0 aromatic heterocycles. The molecule has 4 aromatic rings. The first-order chi connectivity index (χ1) is 23.9. The molecule has 9 heteroatoms. The normalized spacial score (nSPS) is 14.8. The molecule has 0 bridgehead atoms. The minimum atomic E-state index is -1.85. The van der Waals surface area contributed by atoms with E-state index in [1.807, 2.05) is 84.9 Å². The van der Waals surface area contributed by atoms with Gasteiger partial charge in [-0.3, -0.25) is 19.3 Å². The molecule has 0 aliphatic carbocycles. The van der Waals surface area contributed by atoms with Crippen LogP contribution in [-0.2, 0) is 27.2 Å². The third kappa shape index (κ3) is 9.34. The number of hydrogen-bond acceptors (Lipinski definition) is 7. The maximum atomic E-state index is 14.3. The van der Waals surface area contributed by atoms with Crippen molar-refractivity contribution in [3.05, 3.63) is 96.1 Å². The van der Waals surface area contributed by atoms with Crippen LogP contribution >= 0.6 is 0 Å². The van der Waals surface area contributed by atoms with Gasteiger partial charge in [0.15, 0.2) is 0 Å². The van der Waals surface area contributed by atoms with Crippen LogP contribution in [0.15, 0.2) is 84.9 Å². The van der Waals surface area contributed by atoms with Crippen molar-refractivity contribution < 1.29 is 29.7 Å². The van der Waals surface area contributed by atoms with E-state index in [0.29, 0.717) is 25.2 Å². The Hall–Kier alpha value is -4.15. The summed E-state index contributed by atoms with van der Waals surface area (Å²) in [4.78, 5) is 43.1. The topological polar surface area (TPSA) is 153 Å². The Balaban J connectivity index is 1.68. The summed E-state index contributed by atoms with van der Waals surface area (Å²) in [5, 5.41) is 39.1. The minimum Gasteiger partial charge on any atom is -0.394 e. The van der Waals surface area contributed by atoms with E-state index < -0.39 is 60.6 Å². The third-order valence-corrected chi connectivity index (χ3v) is 9.87. The van der Waals surface area contributed by atoms with Crippen LogP contribution in [0.25, 0.3) is 21.5 Å². The highest BCUT2D eigenvalue weighted by atomic mass is 16.3. The van der Waals surface area contributed by atoms with E-state index in [-0.39, 0.29) is 6.42 Å². The van der Waals surface area contributed by atoms with Crippen LogP contribution in [0.5, 0.6) is 0 Å². The standard InChI is InChI=1S/C41H53N3O6/c1-27(2)13-5-10-22-38(47)44(37(26-46)41(4,50)28(3)42)40(49)36(25-45)43-39(48)33(23-31-18-11-16-29-14-6-8-20-34(29)31)24-32-19-12-17-30-15-7-9-21-35(30)32/h6-9,11-12,14-21,27-28,33,36-37,45-46,50H,5,10,13,22-26,42H2,1-4H3,(H,43,48)/t28-,36-,37+,41-/m0/s1. The Bertz CT molecular complexity index is 1660. The van der Waals surface area contributed by atoms with Crippen molar-refractivity contribution in [1.82, 2.24) is 10.2 Å². The van der Waals surface area contributed by atoms with Crippen LogP contribution in [0.1, 0.15) is 64.5 Å². The van der Waals surface area contributed by atoms with Gasteiger partial charge in [0.05, 0.1) is 24.9 Å². The summed E-state index contributed by atoms with van der Waals surface area (Å²) in [5.41, 5.74) is 6.13. The van der Waals surface area contributed by atoms with Crippen LogP contribution in [-0.4, -0.2) is 74.9 Å². The molecular weight excluding hydrogens is 630 g/mol. The molecule has 3 amide bonds. The van der Waals surface area contributed by atoms with Crippen molar-refractivity contribution in [2.24, 2.45) is 17.6 Å². The molecule has 268 valence electrons. The van der Waals surface area contributed by atoms with Gasteiger partial charge in [-0.15, -0.1) is 0 Å². The summed E-state index contributed by atoms with van der Waals surface area (Å²) >= 11 is 0. The molecule has 0 unspecified atom stereocenters. The molecule has 0 aliphatic heterocycles. The summed E-state index contributed by atoms with van der Waals surface area (Å²) < 4.78 is 0. The molecule has 4 atom stereocenters. The van der Waals surface area contributed by atoms with Gasteiger partial charge in [-0.25, -0.2) is 0 Å². The van der Waals surface area contributed by atoms with Gasteiger partial charge in [-0.1, -0.05) is 112 Å². The Morgan fingerprint density at radius 1 is 0.780 bits per heavy atom. The number of nitrogens with zero attached hydrogens (tertiary/aromatic N) is 1. The van der Waals surface area contributed by atoms with Crippen molar-refractivity contribution in [3.63, 3.8) is 0 Å². The van der Waals surface area contributed by atoms with Gasteiger partial charge in [0.25, 0.3) is 5.91 Å². The molecule has 0 heterocycles. The number of nitrogens with one attached hydrogen (secondary N) is 1. The lowest BCUT2D eigenvalue weighted by Crippen LogP contribution is -2.66. The lowest BCUT2D eigenvalue weighted by molar-refractivity contribution is -0.161.